The number of Topliss-reactive ketones (excluding diaryl/α,β-unsaturated/α-hetero) is 1. The quantitative estimate of drug-likeness (QED) is 0.727. The Morgan fingerprint density at radius 2 is 2.35 bits per heavy atom. The molecule has 3 heterocycles. The van der Waals surface area contributed by atoms with E-state index in [9.17, 15) is 14.1 Å². The van der Waals surface area contributed by atoms with Crippen molar-refractivity contribution in [1.29, 1.82) is 0 Å². The molecule has 1 aliphatic carbocycles. The highest BCUT2D eigenvalue weighted by Gasteiger charge is 2.69. The van der Waals surface area contributed by atoms with Crippen LogP contribution in [0, 0.1) is 11.8 Å². The summed E-state index contributed by atoms with van der Waals surface area (Å²) in [4.78, 5) is 29.5. The minimum atomic E-state index is -0.879. The van der Waals surface area contributed by atoms with Crippen LogP contribution in [0.3, 0.4) is 0 Å². The lowest BCUT2D eigenvalue weighted by Crippen LogP contribution is -2.54. The summed E-state index contributed by atoms with van der Waals surface area (Å²) in [5.74, 6) is -1.01. The van der Waals surface area contributed by atoms with Crippen molar-refractivity contribution in [2.75, 3.05) is 6.61 Å². The van der Waals surface area contributed by atoms with E-state index in [1.165, 1.54) is 0 Å². The van der Waals surface area contributed by atoms with Crippen LogP contribution in [-0.2, 0) is 19.3 Å². The van der Waals surface area contributed by atoms with E-state index in [1.807, 2.05) is 11.8 Å². The molecule has 5 nitrogen and oxygen atoms in total. The Balaban J connectivity index is 1.77. The van der Waals surface area contributed by atoms with Crippen molar-refractivity contribution in [3.63, 3.8) is 0 Å². The van der Waals surface area contributed by atoms with E-state index in [0.29, 0.717) is 19.4 Å². The van der Waals surface area contributed by atoms with Crippen LogP contribution in [0.15, 0.2) is 0 Å². The summed E-state index contributed by atoms with van der Waals surface area (Å²) in [6, 6.07) is -0.693. The van der Waals surface area contributed by atoms with Crippen LogP contribution in [0.5, 0.6) is 0 Å². The van der Waals surface area contributed by atoms with Gasteiger partial charge in [-0.1, -0.05) is 0 Å². The minimum absolute atomic E-state index is 0.0746. The van der Waals surface area contributed by atoms with Crippen LogP contribution in [0.1, 0.15) is 26.2 Å². The molecule has 0 bridgehead atoms. The molecule has 0 radical (unpaired) electrons. The zero-order valence-corrected chi connectivity index (χ0v) is 11.9. The number of thioether (sulfide) groups is 1. The molecule has 110 valence electrons. The first-order valence-electron chi connectivity index (χ1n) is 7.01. The third-order valence-electron chi connectivity index (χ3n) is 5.35. The molecule has 6 atom stereocenters. The smallest absolute Gasteiger partial charge is 0.359 e. The highest BCUT2D eigenvalue weighted by molar-refractivity contribution is 8.00. The maximum atomic E-state index is 12.5. The fourth-order valence-electron chi connectivity index (χ4n) is 4.51. The molecule has 20 heavy (non-hydrogen) atoms. The molecule has 0 spiro atoms. The van der Waals surface area contributed by atoms with Gasteiger partial charge < -0.3 is 4.74 Å². The molecular formula is C13H16FNO4S. The lowest BCUT2D eigenvalue weighted by molar-refractivity contribution is -0.199. The number of ketones is 1. The number of hydrogen-bond donors (Lipinski definition) is 0. The maximum Gasteiger partial charge on any atom is 0.366 e. The SMILES string of the molecule is CC12OCCC1SC1C3C(=O)CCC3C(C(=O)OF)N12. The lowest BCUT2D eigenvalue weighted by atomic mass is 9.93. The second kappa shape index (κ2) is 4.18. The number of ether oxygens (including phenoxy) is 1. The summed E-state index contributed by atoms with van der Waals surface area (Å²) in [5.41, 5.74) is -0.585. The van der Waals surface area contributed by atoms with Crippen LogP contribution < -0.4 is 0 Å². The topological polar surface area (TPSA) is 55.8 Å². The zero-order valence-electron chi connectivity index (χ0n) is 11.1. The second-order valence-electron chi connectivity index (χ2n) is 6.15. The third-order valence-corrected chi connectivity index (χ3v) is 7.15. The fraction of sp³-hybridized carbons (Fsp3) is 0.846. The van der Waals surface area contributed by atoms with Crippen molar-refractivity contribution in [2.24, 2.45) is 11.8 Å². The Labute approximate surface area is 120 Å². The average Bonchev–Trinajstić information content (AvgIpc) is 3.09. The first-order valence-corrected chi connectivity index (χ1v) is 7.95. The van der Waals surface area contributed by atoms with Gasteiger partial charge in [-0.05, 0) is 25.7 Å². The Morgan fingerprint density at radius 3 is 3.10 bits per heavy atom. The predicted molar refractivity (Wildman–Crippen MR) is 68.2 cm³/mol. The second-order valence-corrected chi connectivity index (χ2v) is 7.47. The highest BCUT2D eigenvalue weighted by atomic mass is 32.2. The van der Waals surface area contributed by atoms with Gasteiger partial charge in [0.25, 0.3) is 0 Å². The van der Waals surface area contributed by atoms with Crippen molar-refractivity contribution in [1.82, 2.24) is 4.90 Å². The predicted octanol–water partition coefficient (Wildman–Crippen LogP) is 1.27. The van der Waals surface area contributed by atoms with Crippen LogP contribution in [0.25, 0.3) is 0 Å². The summed E-state index contributed by atoms with van der Waals surface area (Å²) in [6.07, 6.45) is 2.02. The van der Waals surface area contributed by atoms with Crippen molar-refractivity contribution in [2.45, 2.75) is 48.6 Å². The molecule has 4 aliphatic rings. The van der Waals surface area contributed by atoms with Gasteiger partial charge >= 0.3 is 5.97 Å². The van der Waals surface area contributed by atoms with Gasteiger partial charge in [0, 0.05) is 16.9 Å². The molecule has 1 saturated carbocycles. The van der Waals surface area contributed by atoms with Crippen molar-refractivity contribution < 1.29 is 23.8 Å². The number of carbonyl (C=O) groups excluding carboxylic acids is 2. The number of hydrogen-bond acceptors (Lipinski definition) is 6. The third kappa shape index (κ3) is 1.41. The normalized spacial score (nSPS) is 50.1. The summed E-state index contributed by atoms with van der Waals surface area (Å²) >= 11 is 1.71. The molecule has 4 rings (SSSR count). The number of halogens is 1. The van der Waals surface area contributed by atoms with Gasteiger partial charge in [-0.15, -0.1) is 11.8 Å². The fourth-order valence-corrected chi connectivity index (χ4v) is 6.51. The molecule has 6 unspecified atom stereocenters. The van der Waals surface area contributed by atoms with E-state index in [2.05, 4.69) is 4.94 Å². The monoisotopic (exact) mass is 301 g/mol. The summed E-state index contributed by atoms with van der Waals surface area (Å²) in [7, 11) is 0. The molecule has 4 fully saturated rings. The average molecular weight is 301 g/mol. The van der Waals surface area contributed by atoms with E-state index in [0.717, 1.165) is 6.42 Å². The maximum absolute atomic E-state index is 12.5. The first kappa shape index (κ1) is 13.0. The van der Waals surface area contributed by atoms with Crippen molar-refractivity contribution in [3.8, 4) is 0 Å². The minimum Gasteiger partial charge on any atom is -0.359 e. The van der Waals surface area contributed by atoms with Gasteiger partial charge in [-0.25, -0.2) is 9.69 Å². The largest absolute Gasteiger partial charge is 0.366 e. The molecule has 0 amide bonds. The van der Waals surface area contributed by atoms with Gasteiger partial charge in [0.05, 0.1) is 17.2 Å². The summed E-state index contributed by atoms with van der Waals surface area (Å²) < 4.78 is 18.4. The first-order chi connectivity index (χ1) is 9.58. The number of nitrogens with zero attached hydrogens (tertiary/aromatic N) is 1. The molecule has 0 aromatic rings. The Kier molecular flexibility index (Phi) is 2.72. The van der Waals surface area contributed by atoms with E-state index >= 15 is 0 Å². The zero-order chi connectivity index (χ0) is 14.1. The highest BCUT2D eigenvalue weighted by Crippen LogP contribution is 2.60. The van der Waals surface area contributed by atoms with E-state index in [4.69, 9.17) is 4.74 Å². The molecule has 7 heteroatoms. The Bertz CT molecular complexity index is 489. The molecular weight excluding hydrogens is 285 g/mol. The van der Waals surface area contributed by atoms with Crippen molar-refractivity contribution in [3.05, 3.63) is 0 Å². The van der Waals surface area contributed by atoms with E-state index in [1.54, 1.807) is 11.8 Å². The van der Waals surface area contributed by atoms with Crippen LogP contribution in [0.4, 0.5) is 4.53 Å². The number of rotatable bonds is 1. The molecule has 0 aromatic heterocycles. The van der Waals surface area contributed by atoms with Gasteiger partial charge in [-0.2, -0.15) is 0 Å². The Hall–Kier alpha value is -0.660. The van der Waals surface area contributed by atoms with Crippen LogP contribution in [0.2, 0.25) is 0 Å². The number of fused-ring (bicyclic) bond motifs is 5. The Morgan fingerprint density at radius 1 is 1.55 bits per heavy atom. The summed E-state index contributed by atoms with van der Waals surface area (Å²) in [5, 5.41) is 0.158. The summed E-state index contributed by atoms with van der Waals surface area (Å²) in [6.45, 7) is 2.58. The van der Waals surface area contributed by atoms with E-state index < -0.39 is 17.7 Å². The van der Waals surface area contributed by atoms with Gasteiger partial charge in [0.1, 0.15) is 17.6 Å². The van der Waals surface area contributed by atoms with E-state index in [-0.39, 0.29) is 28.2 Å². The standard InChI is InChI=1S/C13H16FNO4S/c1-13-8(4-5-18-13)20-11-9-6(2-3-7(9)16)10(15(11)13)12(17)19-14/h6,8-11H,2-5H2,1H3. The van der Waals surface area contributed by atoms with Crippen molar-refractivity contribution >= 4 is 23.5 Å². The molecule has 3 aliphatic heterocycles. The van der Waals surface area contributed by atoms with Gasteiger partial charge in [0.2, 0.25) is 0 Å². The molecule has 3 saturated heterocycles. The molecule has 0 N–H and O–H groups in total. The van der Waals surface area contributed by atoms with Crippen LogP contribution in [-0.4, -0.2) is 45.6 Å². The van der Waals surface area contributed by atoms with Crippen LogP contribution >= 0.6 is 11.8 Å². The van der Waals surface area contributed by atoms with Gasteiger partial charge in [-0.3, -0.25) is 9.74 Å². The number of carbonyl (C=O) groups is 2. The molecule has 0 aromatic carbocycles. The van der Waals surface area contributed by atoms with Gasteiger partial charge in [0.15, 0.2) is 0 Å². The lowest BCUT2D eigenvalue weighted by Gasteiger charge is -2.36.